The molecule has 0 saturated carbocycles. The van der Waals surface area contributed by atoms with E-state index in [0.29, 0.717) is 5.56 Å². The Kier molecular flexibility index (Phi) is 4.19. The summed E-state index contributed by atoms with van der Waals surface area (Å²) in [4.78, 5) is 11.1. The van der Waals surface area contributed by atoms with Crippen LogP contribution in [0, 0.1) is 24.1 Å². The number of hydrogen-bond acceptors (Lipinski definition) is 3. The van der Waals surface area contributed by atoms with Gasteiger partial charge in [0, 0.05) is 0 Å². The molecule has 0 unspecified atom stereocenters. The molecule has 0 aliphatic carbocycles. The molecule has 0 saturated heterocycles. The maximum absolute atomic E-state index is 13.7. The molecule has 4 nitrogen and oxygen atoms in total. The molecule has 0 aliphatic rings. The molecule has 0 fully saturated rings. The number of para-hydroxylation sites is 1. The highest BCUT2D eigenvalue weighted by Crippen LogP contribution is 2.24. The third kappa shape index (κ3) is 3.18. The fraction of sp³-hybridized carbons (Fsp3) is 0.125. The van der Waals surface area contributed by atoms with Crippen molar-refractivity contribution < 1.29 is 19.0 Å². The van der Waals surface area contributed by atoms with Gasteiger partial charge in [-0.1, -0.05) is 12.1 Å². The molecular formula is C16H12FNO3. The molecule has 2 aromatic rings. The van der Waals surface area contributed by atoms with Crippen molar-refractivity contribution >= 4 is 5.97 Å². The van der Waals surface area contributed by atoms with Crippen molar-refractivity contribution in [3.8, 4) is 11.8 Å². The van der Waals surface area contributed by atoms with Gasteiger partial charge in [0.1, 0.15) is 12.2 Å². The highest BCUT2D eigenvalue weighted by Gasteiger charge is 2.16. The molecule has 0 aliphatic heterocycles. The number of nitrogens with zero attached hydrogens (tertiary/aromatic N) is 1. The van der Waals surface area contributed by atoms with Gasteiger partial charge in [-0.05, 0) is 42.3 Å². The third-order valence-corrected chi connectivity index (χ3v) is 3.04. The van der Waals surface area contributed by atoms with E-state index < -0.39 is 11.8 Å². The number of hydrogen-bond donors (Lipinski definition) is 1. The maximum atomic E-state index is 13.7. The maximum Gasteiger partial charge on any atom is 0.339 e. The number of carboxylic acids is 1. The summed E-state index contributed by atoms with van der Waals surface area (Å²) in [7, 11) is 0. The Labute approximate surface area is 121 Å². The lowest BCUT2D eigenvalue weighted by molar-refractivity contribution is 0.0690. The molecule has 1 N–H and O–H groups in total. The summed E-state index contributed by atoms with van der Waals surface area (Å²) in [5, 5.41) is 17.8. The standard InChI is InChI=1S/C16H12FNO3/c1-10-7-11(8-18)5-6-12(10)9-21-15-13(16(19)20)3-2-4-14(15)17/h2-7H,9H2,1H3,(H,19,20). The summed E-state index contributed by atoms with van der Waals surface area (Å²) in [6, 6.07) is 10.8. The number of nitriles is 1. The van der Waals surface area contributed by atoms with E-state index >= 15 is 0 Å². The molecule has 0 bridgehead atoms. The molecule has 0 spiro atoms. The SMILES string of the molecule is Cc1cc(C#N)ccc1COc1c(F)cccc1C(=O)O. The summed E-state index contributed by atoms with van der Waals surface area (Å²) in [5.74, 6) is -2.25. The first-order valence-corrected chi connectivity index (χ1v) is 6.17. The van der Waals surface area contributed by atoms with Crippen LogP contribution in [0.2, 0.25) is 0 Å². The zero-order chi connectivity index (χ0) is 15.4. The van der Waals surface area contributed by atoms with Gasteiger partial charge in [0.2, 0.25) is 0 Å². The molecule has 21 heavy (non-hydrogen) atoms. The van der Waals surface area contributed by atoms with Crippen LogP contribution in [0.4, 0.5) is 4.39 Å². The van der Waals surface area contributed by atoms with Crippen LogP contribution >= 0.6 is 0 Å². The first kappa shape index (κ1) is 14.5. The zero-order valence-electron chi connectivity index (χ0n) is 11.3. The topological polar surface area (TPSA) is 70.3 Å². The van der Waals surface area contributed by atoms with Gasteiger partial charge in [0.15, 0.2) is 11.6 Å². The molecule has 106 valence electrons. The summed E-state index contributed by atoms with van der Waals surface area (Å²) in [6.45, 7) is 1.83. The first-order valence-electron chi connectivity index (χ1n) is 6.17. The van der Waals surface area contributed by atoms with Gasteiger partial charge in [0.05, 0.1) is 11.6 Å². The van der Waals surface area contributed by atoms with Crippen molar-refractivity contribution in [2.75, 3.05) is 0 Å². The summed E-state index contributed by atoms with van der Waals surface area (Å²) in [6.07, 6.45) is 0. The molecule has 2 aromatic carbocycles. The van der Waals surface area contributed by atoms with E-state index in [9.17, 15) is 9.18 Å². The van der Waals surface area contributed by atoms with Crippen molar-refractivity contribution in [2.45, 2.75) is 13.5 Å². The second kappa shape index (κ2) is 6.06. The second-order valence-corrected chi connectivity index (χ2v) is 4.46. The minimum atomic E-state index is -1.25. The van der Waals surface area contributed by atoms with E-state index in [1.165, 1.54) is 12.1 Å². The van der Waals surface area contributed by atoms with Crippen LogP contribution < -0.4 is 4.74 Å². The van der Waals surface area contributed by atoms with Crippen LogP contribution in [0.25, 0.3) is 0 Å². The number of ether oxygens (including phenoxy) is 1. The normalized spacial score (nSPS) is 9.95. The third-order valence-electron chi connectivity index (χ3n) is 3.04. The fourth-order valence-corrected chi connectivity index (χ4v) is 1.90. The van der Waals surface area contributed by atoms with E-state index in [4.69, 9.17) is 15.1 Å². The largest absolute Gasteiger partial charge is 0.485 e. The summed E-state index contributed by atoms with van der Waals surface area (Å²) < 4.78 is 19.0. The number of carbonyl (C=O) groups is 1. The number of benzene rings is 2. The molecular weight excluding hydrogens is 273 g/mol. The lowest BCUT2D eigenvalue weighted by atomic mass is 10.1. The van der Waals surface area contributed by atoms with Crippen LogP contribution in [0.3, 0.4) is 0 Å². The lowest BCUT2D eigenvalue weighted by Crippen LogP contribution is -2.06. The van der Waals surface area contributed by atoms with E-state index in [2.05, 4.69) is 0 Å². The quantitative estimate of drug-likeness (QED) is 0.935. The molecule has 0 radical (unpaired) electrons. The first-order chi connectivity index (χ1) is 10.0. The highest BCUT2D eigenvalue weighted by atomic mass is 19.1. The van der Waals surface area contributed by atoms with E-state index in [-0.39, 0.29) is 17.9 Å². The molecule has 0 atom stereocenters. The molecule has 0 amide bonds. The second-order valence-electron chi connectivity index (χ2n) is 4.46. The van der Waals surface area contributed by atoms with Crippen molar-refractivity contribution in [1.82, 2.24) is 0 Å². The Morgan fingerprint density at radius 3 is 2.76 bits per heavy atom. The average Bonchev–Trinajstić information content (AvgIpc) is 2.46. The minimum absolute atomic E-state index is 0.0265. The molecule has 2 rings (SSSR count). The van der Waals surface area contributed by atoms with Gasteiger partial charge in [0.25, 0.3) is 0 Å². The molecule has 0 heterocycles. The highest BCUT2D eigenvalue weighted by molar-refractivity contribution is 5.90. The fourth-order valence-electron chi connectivity index (χ4n) is 1.90. The Balaban J connectivity index is 2.25. The summed E-state index contributed by atoms with van der Waals surface area (Å²) in [5.41, 5.74) is 1.88. The van der Waals surface area contributed by atoms with Crippen LogP contribution in [0.1, 0.15) is 27.0 Å². The van der Waals surface area contributed by atoms with E-state index in [0.717, 1.165) is 17.2 Å². The molecule has 0 aromatic heterocycles. The van der Waals surface area contributed by atoms with Crippen molar-refractivity contribution in [3.05, 3.63) is 64.5 Å². The van der Waals surface area contributed by atoms with Crippen LogP contribution in [0.15, 0.2) is 36.4 Å². The average molecular weight is 285 g/mol. The number of carboxylic acid groups (broad SMARTS) is 1. The smallest absolute Gasteiger partial charge is 0.339 e. The van der Waals surface area contributed by atoms with Gasteiger partial charge in [-0.25, -0.2) is 9.18 Å². The summed E-state index contributed by atoms with van der Waals surface area (Å²) >= 11 is 0. The predicted octanol–water partition coefficient (Wildman–Crippen LogP) is 3.28. The van der Waals surface area contributed by atoms with Crippen LogP contribution in [-0.4, -0.2) is 11.1 Å². The number of aryl methyl sites for hydroxylation is 1. The number of halogens is 1. The van der Waals surface area contributed by atoms with Crippen LogP contribution in [0.5, 0.6) is 5.75 Å². The Morgan fingerprint density at radius 2 is 2.14 bits per heavy atom. The van der Waals surface area contributed by atoms with E-state index in [1.807, 2.05) is 6.07 Å². The predicted molar refractivity (Wildman–Crippen MR) is 73.6 cm³/mol. The zero-order valence-corrected chi connectivity index (χ0v) is 11.3. The Morgan fingerprint density at radius 1 is 1.38 bits per heavy atom. The Hall–Kier alpha value is -2.87. The number of rotatable bonds is 4. The van der Waals surface area contributed by atoms with Crippen molar-refractivity contribution in [3.63, 3.8) is 0 Å². The molecule has 5 heteroatoms. The van der Waals surface area contributed by atoms with Crippen molar-refractivity contribution in [2.24, 2.45) is 0 Å². The lowest BCUT2D eigenvalue weighted by Gasteiger charge is -2.11. The van der Waals surface area contributed by atoms with Crippen molar-refractivity contribution in [1.29, 1.82) is 5.26 Å². The monoisotopic (exact) mass is 285 g/mol. The van der Waals surface area contributed by atoms with Gasteiger partial charge >= 0.3 is 5.97 Å². The van der Waals surface area contributed by atoms with E-state index in [1.54, 1.807) is 25.1 Å². The van der Waals surface area contributed by atoms with Gasteiger partial charge in [-0.3, -0.25) is 0 Å². The minimum Gasteiger partial charge on any atom is -0.485 e. The number of aromatic carboxylic acids is 1. The van der Waals surface area contributed by atoms with Crippen LogP contribution in [-0.2, 0) is 6.61 Å². The van der Waals surface area contributed by atoms with Gasteiger partial charge < -0.3 is 9.84 Å². The van der Waals surface area contributed by atoms with Gasteiger partial charge in [-0.15, -0.1) is 0 Å². The van der Waals surface area contributed by atoms with Gasteiger partial charge in [-0.2, -0.15) is 5.26 Å². The Bertz CT molecular complexity index is 735.